The molecule has 3 aliphatic rings. The highest BCUT2D eigenvalue weighted by atomic mass is 15.2. The molecule has 108 valence electrons. The minimum Gasteiger partial charge on any atom is -0.398 e. The lowest BCUT2D eigenvalue weighted by atomic mass is 9.83. The first kappa shape index (κ1) is 13.3. The van der Waals surface area contributed by atoms with E-state index in [0.717, 1.165) is 31.5 Å². The zero-order valence-electron chi connectivity index (χ0n) is 12.3. The van der Waals surface area contributed by atoms with Gasteiger partial charge in [-0.3, -0.25) is 5.32 Å². The summed E-state index contributed by atoms with van der Waals surface area (Å²) in [5.74, 6) is 0. The summed E-state index contributed by atoms with van der Waals surface area (Å²) in [4.78, 5) is 2.10. The summed E-state index contributed by atoms with van der Waals surface area (Å²) < 4.78 is 0. The number of allylic oxidation sites excluding steroid dienone is 3. The third kappa shape index (κ3) is 2.36. The number of hydrogen-bond acceptors (Lipinski definition) is 4. The quantitative estimate of drug-likeness (QED) is 0.730. The van der Waals surface area contributed by atoms with Crippen molar-refractivity contribution >= 4 is 0 Å². The van der Waals surface area contributed by atoms with Crippen LogP contribution >= 0.6 is 0 Å². The van der Waals surface area contributed by atoms with Gasteiger partial charge < -0.3 is 16.0 Å². The third-order valence-corrected chi connectivity index (χ3v) is 4.31. The molecule has 2 unspecified atom stereocenters. The molecule has 4 heteroatoms. The van der Waals surface area contributed by atoms with E-state index in [4.69, 9.17) is 5.73 Å². The molecule has 1 fully saturated rings. The minimum absolute atomic E-state index is 0.0230. The fraction of sp³-hybridized carbons (Fsp3) is 0.500. The van der Waals surface area contributed by atoms with Crippen molar-refractivity contribution in [3.63, 3.8) is 0 Å². The van der Waals surface area contributed by atoms with E-state index in [1.165, 1.54) is 16.8 Å². The van der Waals surface area contributed by atoms with Gasteiger partial charge in [0.1, 0.15) is 6.17 Å². The summed E-state index contributed by atoms with van der Waals surface area (Å²) in [6, 6.07) is 0.395. The molecule has 0 aromatic rings. The average Bonchev–Trinajstić information content (AvgIpc) is 2.47. The van der Waals surface area contributed by atoms with Crippen molar-refractivity contribution in [2.24, 2.45) is 5.73 Å². The molecule has 0 radical (unpaired) electrons. The molecule has 0 amide bonds. The van der Waals surface area contributed by atoms with Crippen molar-refractivity contribution in [2.45, 2.75) is 38.4 Å². The zero-order chi connectivity index (χ0) is 14.1. The topological polar surface area (TPSA) is 53.3 Å². The average molecular weight is 272 g/mol. The Morgan fingerprint density at radius 1 is 1.55 bits per heavy atom. The van der Waals surface area contributed by atoms with Crippen LogP contribution in [0.15, 0.2) is 47.0 Å². The molecule has 1 saturated heterocycles. The minimum atomic E-state index is 0.0230. The fourth-order valence-corrected chi connectivity index (χ4v) is 3.12. The van der Waals surface area contributed by atoms with Gasteiger partial charge in [-0.25, -0.2) is 0 Å². The molecule has 0 spiro atoms. The Balaban J connectivity index is 1.83. The summed E-state index contributed by atoms with van der Waals surface area (Å²) in [7, 11) is 2.04. The molecule has 0 bridgehead atoms. The Hall–Kier alpha value is -1.68. The molecule has 0 aromatic heterocycles. The van der Waals surface area contributed by atoms with Gasteiger partial charge in [0.2, 0.25) is 0 Å². The van der Waals surface area contributed by atoms with Crippen LogP contribution in [0.5, 0.6) is 0 Å². The Bertz CT molecular complexity index is 513. The Morgan fingerprint density at radius 2 is 2.40 bits per heavy atom. The molecule has 3 rings (SSSR count). The van der Waals surface area contributed by atoms with Crippen LogP contribution in [-0.2, 0) is 0 Å². The second kappa shape index (κ2) is 5.37. The van der Waals surface area contributed by atoms with Crippen molar-refractivity contribution in [1.82, 2.24) is 15.5 Å². The van der Waals surface area contributed by atoms with E-state index in [1.807, 2.05) is 13.2 Å². The Labute approximate surface area is 121 Å². The Morgan fingerprint density at radius 3 is 3.20 bits per heavy atom. The highest BCUT2D eigenvalue weighted by molar-refractivity contribution is 5.50. The lowest BCUT2D eigenvalue weighted by Gasteiger charge is -2.40. The standard InChI is InChI=1S/C16H24N4/c1-3-20(2)10-12(17)16-18-13-8-4-6-11-7-5-9-14(19-16)15(11)13/h4,6,9-10,13,16,18-19H,3,5,7-8,17H2,1-2H3/b12-10-. The molecule has 20 heavy (non-hydrogen) atoms. The van der Waals surface area contributed by atoms with E-state index in [9.17, 15) is 0 Å². The van der Waals surface area contributed by atoms with Gasteiger partial charge in [0.25, 0.3) is 0 Å². The second-order valence-corrected chi connectivity index (χ2v) is 5.73. The smallest absolute Gasteiger partial charge is 0.120 e. The van der Waals surface area contributed by atoms with Crippen molar-refractivity contribution in [2.75, 3.05) is 13.6 Å². The number of hydrogen-bond donors (Lipinski definition) is 3. The van der Waals surface area contributed by atoms with Crippen molar-refractivity contribution in [3.05, 3.63) is 47.0 Å². The molecule has 0 saturated carbocycles. The first-order valence-electron chi connectivity index (χ1n) is 7.49. The van der Waals surface area contributed by atoms with Crippen LogP contribution in [-0.4, -0.2) is 30.7 Å². The highest BCUT2D eigenvalue weighted by Crippen LogP contribution is 2.34. The third-order valence-electron chi connectivity index (χ3n) is 4.31. The Kier molecular flexibility index (Phi) is 3.57. The van der Waals surface area contributed by atoms with Gasteiger partial charge in [-0.15, -0.1) is 0 Å². The van der Waals surface area contributed by atoms with Crippen LogP contribution in [0.4, 0.5) is 0 Å². The van der Waals surface area contributed by atoms with Gasteiger partial charge in [0, 0.05) is 31.5 Å². The number of nitrogens with two attached hydrogens (primary N) is 1. The number of nitrogens with one attached hydrogen (secondary N) is 2. The summed E-state index contributed by atoms with van der Waals surface area (Å²) in [6.45, 7) is 3.08. The first-order chi connectivity index (χ1) is 9.69. The summed E-state index contributed by atoms with van der Waals surface area (Å²) in [5.41, 5.74) is 11.3. The van der Waals surface area contributed by atoms with E-state index in [1.54, 1.807) is 0 Å². The van der Waals surface area contributed by atoms with E-state index in [2.05, 4.69) is 40.7 Å². The predicted octanol–water partition coefficient (Wildman–Crippen LogP) is 1.56. The molecule has 1 aliphatic heterocycles. The molecule has 2 aliphatic carbocycles. The van der Waals surface area contributed by atoms with Crippen LogP contribution in [0.3, 0.4) is 0 Å². The lowest BCUT2D eigenvalue weighted by molar-refractivity contribution is 0.399. The SMILES string of the molecule is CCN(C)/C=C(\N)C1NC2=CCCC3=C2C(CC=C3)N1. The van der Waals surface area contributed by atoms with E-state index < -0.39 is 0 Å². The summed E-state index contributed by atoms with van der Waals surface area (Å²) in [6.07, 6.45) is 12.2. The number of rotatable bonds is 3. The monoisotopic (exact) mass is 272 g/mol. The van der Waals surface area contributed by atoms with Crippen molar-refractivity contribution < 1.29 is 0 Å². The van der Waals surface area contributed by atoms with Gasteiger partial charge in [-0.1, -0.05) is 18.2 Å². The van der Waals surface area contributed by atoms with Crippen LogP contribution in [0, 0.1) is 0 Å². The molecule has 2 atom stereocenters. The molecule has 1 heterocycles. The molecular formula is C16H24N4. The first-order valence-corrected chi connectivity index (χ1v) is 7.49. The molecule has 4 N–H and O–H groups in total. The van der Waals surface area contributed by atoms with E-state index >= 15 is 0 Å². The maximum atomic E-state index is 6.25. The van der Waals surface area contributed by atoms with Crippen LogP contribution < -0.4 is 16.4 Å². The normalized spacial score (nSPS) is 28.7. The predicted molar refractivity (Wildman–Crippen MR) is 82.5 cm³/mol. The van der Waals surface area contributed by atoms with Crippen LogP contribution in [0.1, 0.15) is 26.2 Å². The van der Waals surface area contributed by atoms with Crippen LogP contribution in [0.25, 0.3) is 0 Å². The summed E-state index contributed by atoms with van der Waals surface area (Å²) in [5, 5.41) is 7.18. The molecule has 0 aromatic carbocycles. The highest BCUT2D eigenvalue weighted by Gasteiger charge is 2.33. The second-order valence-electron chi connectivity index (χ2n) is 5.73. The molecule has 4 nitrogen and oxygen atoms in total. The zero-order valence-corrected chi connectivity index (χ0v) is 12.3. The van der Waals surface area contributed by atoms with Gasteiger partial charge in [-0.2, -0.15) is 0 Å². The molecular weight excluding hydrogens is 248 g/mol. The maximum absolute atomic E-state index is 6.25. The van der Waals surface area contributed by atoms with Gasteiger partial charge in [-0.05, 0) is 37.3 Å². The lowest BCUT2D eigenvalue weighted by Crippen LogP contribution is -2.57. The van der Waals surface area contributed by atoms with E-state index in [0.29, 0.717) is 6.04 Å². The fourth-order valence-electron chi connectivity index (χ4n) is 3.12. The van der Waals surface area contributed by atoms with Gasteiger partial charge in [0.05, 0.1) is 5.70 Å². The largest absolute Gasteiger partial charge is 0.398 e. The van der Waals surface area contributed by atoms with Crippen LogP contribution in [0.2, 0.25) is 0 Å². The van der Waals surface area contributed by atoms with Crippen molar-refractivity contribution in [3.8, 4) is 0 Å². The maximum Gasteiger partial charge on any atom is 0.120 e. The van der Waals surface area contributed by atoms with Crippen molar-refractivity contribution in [1.29, 1.82) is 0 Å². The van der Waals surface area contributed by atoms with Gasteiger partial charge >= 0.3 is 0 Å². The van der Waals surface area contributed by atoms with E-state index in [-0.39, 0.29) is 6.17 Å². The number of nitrogens with zero attached hydrogens (tertiary/aromatic N) is 1. The van der Waals surface area contributed by atoms with Gasteiger partial charge in [0.15, 0.2) is 0 Å². The summed E-state index contributed by atoms with van der Waals surface area (Å²) >= 11 is 0.